The second-order valence-corrected chi connectivity index (χ2v) is 6.78. The van der Waals surface area contributed by atoms with Gasteiger partial charge in [0.05, 0.1) is 17.9 Å². The molecule has 0 atom stereocenters. The third kappa shape index (κ3) is 3.03. The quantitative estimate of drug-likeness (QED) is 0.776. The lowest BCUT2D eigenvalue weighted by molar-refractivity contribution is -0.115. The van der Waals surface area contributed by atoms with Gasteiger partial charge in [-0.25, -0.2) is 4.68 Å². The molecule has 3 aromatic rings. The van der Waals surface area contributed by atoms with Crippen LogP contribution in [-0.4, -0.2) is 28.4 Å². The van der Waals surface area contributed by atoms with Gasteiger partial charge >= 0.3 is 0 Å². The molecule has 1 aliphatic heterocycles. The zero-order valence-electron chi connectivity index (χ0n) is 15.5. The zero-order valence-corrected chi connectivity index (χ0v) is 15.5. The van der Waals surface area contributed by atoms with Gasteiger partial charge in [0.15, 0.2) is 0 Å². The van der Waals surface area contributed by atoms with E-state index >= 15 is 0 Å². The molecule has 6 nitrogen and oxygen atoms in total. The van der Waals surface area contributed by atoms with Crippen molar-refractivity contribution in [3.05, 3.63) is 76.2 Å². The number of carbonyl (C=O) groups is 1. The van der Waals surface area contributed by atoms with Crippen molar-refractivity contribution in [2.24, 2.45) is 7.05 Å². The molecule has 0 radical (unpaired) electrons. The number of para-hydroxylation sites is 2. The highest BCUT2D eigenvalue weighted by Gasteiger charge is 2.23. The van der Waals surface area contributed by atoms with Gasteiger partial charge in [0, 0.05) is 19.3 Å². The fourth-order valence-electron chi connectivity index (χ4n) is 3.64. The van der Waals surface area contributed by atoms with Gasteiger partial charge in [0.2, 0.25) is 5.91 Å². The van der Waals surface area contributed by atoms with Crippen molar-refractivity contribution in [2.75, 3.05) is 23.3 Å². The van der Waals surface area contributed by atoms with Crippen molar-refractivity contribution in [3.63, 3.8) is 0 Å². The van der Waals surface area contributed by atoms with Crippen molar-refractivity contribution < 1.29 is 4.79 Å². The molecule has 1 aliphatic rings. The minimum atomic E-state index is -0.226. The van der Waals surface area contributed by atoms with Gasteiger partial charge in [-0.3, -0.25) is 14.3 Å². The molecule has 0 fully saturated rings. The number of hydrogen-bond acceptors (Lipinski definition) is 3. The molecule has 1 aromatic heterocycles. The Hall–Kier alpha value is -3.28. The van der Waals surface area contributed by atoms with E-state index in [1.54, 1.807) is 9.36 Å². The Balaban J connectivity index is 1.57. The van der Waals surface area contributed by atoms with Gasteiger partial charge in [0.1, 0.15) is 5.69 Å². The Morgan fingerprint density at radius 1 is 1.07 bits per heavy atom. The fourth-order valence-corrected chi connectivity index (χ4v) is 3.64. The van der Waals surface area contributed by atoms with Crippen LogP contribution in [0.1, 0.15) is 11.3 Å². The molecule has 1 amide bonds. The maximum atomic E-state index is 12.9. The van der Waals surface area contributed by atoms with E-state index < -0.39 is 0 Å². The number of carbonyl (C=O) groups excluding carboxylic acids is 1. The Morgan fingerprint density at radius 3 is 2.56 bits per heavy atom. The van der Waals surface area contributed by atoms with Crippen LogP contribution in [0, 0.1) is 6.92 Å². The van der Waals surface area contributed by atoms with E-state index in [-0.39, 0.29) is 18.0 Å². The lowest BCUT2D eigenvalue weighted by Gasteiger charge is -2.18. The molecule has 0 saturated carbocycles. The van der Waals surface area contributed by atoms with Crippen molar-refractivity contribution in [3.8, 4) is 5.69 Å². The van der Waals surface area contributed by atoms with E-state index in [4.69, 9.17) is 0 Å². The van der Waals surface area contributed by atoms with Gasteiger partial charge in [0.25, 0.3) is 5.56 Å². The summed E-state index contributed by atoms with van der Waals surface area (Å²) in [4.78, 5) is 27.6. The number of rotatable bonds is 4. The maximum absolute atomic E-state index is 12.9. The highest BCUT2D eigenvalue weighted by molar-refractivity contribution is 5.94. The predicted octanol–water partition coefficient (Wildman–Crippen LogP) is 2.49. The summed E-state index contributed by atoms with van der Waals surface area (Å²) in [6.07, 6.45) is 0.939. The minimum absolute atomic E-state index is 0.183. The molecule has 2 aromatic carbocycles. The van der Waals surface area contributed by atoms with E-state index in [1.165, 1.54) is 5.56 Å². The first-order valence-electron chi connectivity index (χ1n) is 9.03. The maximum Gasteiger partial charge on any atom is 0.295 e. The molecule has 0 saturated heterocycles. The lowest BCUT2D eigenvalue weighted by Crippen LogP contribution is -2.33. The van der Waals surface area contributed by atoms with Crippen LogP contribution in [-0.2, 0) is 18.3 Å². The Morgan fingerprint density at radius 2 is 1.78 bits per heavy atom. The van der Waals surface area contributed by atoms with Crippen LogP contribution in [0.2, 0.25) is 0 Å². The number of anilines is 2. The summed E-state index contributed by atoms with van der Waals surface area (Å²) in [5.41, 5.74) is 3.95. The second kappa shape index (κ2) is 6.79. The van der Waals surface area contributed by atoms with Crippen molar-refractivity contribution >= 4 is 17.3 Å². The summed E-state index contributed by atoms with van der Waals surface area (Å²) in [6.45, 7) is 2.88. The molecule has 0 unspecified atom stereocenters. The number of hydrogen-bond donors (Lipinski definition) is 1. The highest BCUT2D eigenvalue weighted by atomic mass is 16.2. The normalized spacial score (nSPS) is 12.9. The van der Waals surface area contributed by atoms with Crippen molar-refractivity contribution in [1.29, 1.82) is 0 Å². The summed E-state index contributed by atoms with van der Waals surface area (Å²) >= 11 is 0. The standard InChI is InChI=1S/C21H22N4O2/c1-15-20(21(27)25(23(15)2)17-9-4-3-5-10-17)22-19(26)14-24-13-12-16-8-6-7-11-18(16)24/h3-11H,12-14H2,1-2H3,(H,22,26). The van der Waals surface area contributed by atoms with E-state index in [0.717, 1.165) is 30.0 Å². The number of nitrogens with one attached hydrogen (secondary N) is 1. The third-order valence-corrected chi connectivity index (χ3v) is 5.14. The molecule has 27 heavy (non-hydrogen) atoms. The van der Waals surface area contributed by atoms with Crippen LogP contribution >= 0.6 is 0 Å². The van der Waals surface area contributed by atoms with E-state index in [2.05, 4.69) is 16.3 Å². The number of fused-ring (bicyclic) bond motifs is 1. The lowest BCUT2D eigenvalue weighted by atomic mass is 10.2. The molecule has 0 bridgehead atoms. The van der Waals surface area contributed by atoms with Crippen LogP contribution in [0.5, 0.6) is 0 Å². The molecule has 4 rings (SSSR count). The summed E-state index contributed by atoms with van der Waals surface area (Å²) in [5.74, 6) is -0.183. The summed E-state index contributed by atoms with van der Waals surface area (Å²) < 4.78 is 3.33. The zero-order chi connectivity index (χ0) is 19.0. The van der Waals surface area contributed by atoms with E-state index in [0.29, 0.717) is 5.69 Å². The first-order chi connectivity index (χ1) is 13.1. The minimum Gasteiger partial charge on any atom is -0.362 e. The van der Waals surface area contributed by atoms with Crippen LogP contribution in [0.4, 0.5) is 11.4 Å². The fraction of sp³-hybridized carbons (Fsp3) is 0.238. The van der Waals surface area contributed by atoms with Crippen LogP contribution in [0.3, 0.4) is 0 Å². The summed E-state index contributed by atoms with van der Waals surface area (Å²) in [7, 11) is 1.82. The van der Waals surface area contributed by atoms with Crippen LogP contribution in [0.25, 0.3) is 5.69 Å². The molecular formula is C21H22N4O2. The summed E-state index contributed by atoms with van der Waals surface area (Å²) in [6, 6.07) is 17.5. The molecule has 0 spiro atoms. The first-order valence-corrected chi connectivity index (χ1v) is 9.03. The summed E-state index contributed by atoms with van der Waals surface area (Å²) in [5, 5.41) is 2.83. The molecule has 138 valence electrons. The SMILES string of the molecule is Cc1c(NC(=O)CN2CCc3ccccc32)c(=O)n(-c2ccccc2)n1C. The number of nitrogens with zero attached hydrogens (tertiary/aromatic N) is 3. The molecule has 6 heteroatoms. The molecular weight excluding hydrogens is 340 g/mol. The Labute approximate surface area is 157 Å². The van der Waals surface area contributed by atoms with Gasteiger partial charge in [-0.05, 0) is 37.1 Å². The van der Waals surface area contributed by atoms with Crippen molar-refractivity contribution in [1.82, 2.24) is 9.36 Å². The highest BCUT2D eigenvalue weighted by Crippen LogP contribution is 2.27. The van der Waals surface area contributed by atoms with E-state index in [1.807, 2.05) is 62.5 Å². The molecule has 2 heterocycles. The predicted molar refractivity (Wildman–Crippen MR) is 107 cm³/mol. The second-order valence-electron chi connectivity index (χ2n) is 6.78. The number of benzene rings is 2. The molecule has 0 aliphatic carbocycles. The average molecular weight is 362 g/mol. The monoisotopic (exact) mass is 362 g/mol. The number of aromatic nitrogens is 2. The van der Waals surface area contributed by atoms with Crippen molar-refractivity contribution in [2.45, 2.75) is 13.3 Å². The average Bonchev–Trinajstić information content (AvgIpc) is 3.17. The van der Waals surface area contributed by atoms with Gasteiger partial charge in [-0.2, -0.15) is 0 Å². The first kappa shape index (κ1) is 17.1. The van der Waals surface area contributed by atoms with Gasteiger partial charge < -0.3 is 10.2 Å². The molecule has 1 N–H and O–H groups in total. The van der Waals surface area contributed by atoms with E-state index in [9.17, 15) is 9.59 Å². The van der Waals surface area contributed by atoms with Crippen LogP contribution < -0.4 is 15.8 Å². The third-order valence-electron chi connectivity index (χ3n) is 5.14. The van der Waals surface area contributed by atoms with Crippen LogP contribution in [0.15, 0.2) is 59.4 Å². The smallest absolute Gasteiger partial charge is 0.295 e. The van der Waals surface area contributed by atoms with Gasteiger partial charge in [-0.15, -0.1) is 0 Å². The Bertz CT molecular complexity index is 1050. The topological polar surface area (TPSA) is 59.3 Å². The Kier molecular flexibility index (Phi) is 4.32. The number of amides is 1. The van der Waals surface area contributed by atoms with Gasteiger partial charge in [-0.1, -0.05) is 36.4 Å². The largest absolute Gasteiger partial charge is 0.362 e.